The number of benzene rings is 9. The molecule has 0 fully saturated rings. The largest absolute Gasteiger partial charge is 0.456 e. The lowest BCUT2D eigenvalue weighted by Crippen LogP contribution is -2.56. The first-order valence-electron chi connectivity index (χ1n) is 21.8. The quantitative estimate of drug-likeness (QED) is 0.133. The molecule has 70 heavy (non-hydrogen) atoms. The zero-order valence-electron chi connectivity index (χ0n) is 37.0. The molecule has 0 N–H and O–H groups in total. The van der Waals surface area contributed by atoms with E-state index in [1.165, 1.54) is 0 Å². The topological polar surface area (TPSA) is 56.7 Å². The molecular weight excluding hydrogens is 836 g/mol. The fourth-order valence-electron chi connectivity index (χ4n) is 10.1. The predicted octanol–water partition coefficient (Wildman–Crippen LogP) is -3.61. The molecule has 0 saturated carbocycles. The summed E-state index contributed by atoms with van der Waals surface area (Å²) in [5.41, 5.74) is 5.89. The number of fused-ring (bicyclic) bond motifs is 6. The summed E-state index contributed by atoms with van der Waals surface area (Å²) in [5, 5.41) is 3.99. The van der Waals surface area contributed by atoms with Crippen molar-refractivity contribution in [3.05, 3.63) is 97.1 Å². The van der Waals surface area contributed by atoms with E-state index in [1.807, 2.05) is 97.1 Å². The van der Waals surface area contributed by atoms with Crippen molar-refractivity contribution in [2.75, 3.05) is 0 Å². The van der Waals surface area contributed by atoms with E-state index in [0.717, 1.165) is 27.5 Å². The lowest BCUT2D eigenvalue weighted by atomic mass is 9.61. The van der Waals surface area contributed by atoms with Gasteiger partial charge in [-0.05, 0) is 63.0 Å². The summed E-state index contributed by atoms with van der Waals surface area (Å²) in [7, 11) is 95.6. The maximum atomic E-state index is 7.35. The van der Waals surface area contributed by atoms with E-state index in [9.17, 15) is 0 Å². The van der Waals surface area contributed by atoms with Crippen LogP contribution in [0.1, 0.15) is 0 Å². The van der Waals surface area contributed by atoms with Crippen molar-refractivity contribution in [2.24, 2.45) is 0 Å². The van der Waals surface area contributed by atoms with Gasteiger partial charge in [0.2, 0.25) is 0 Å². The number of hydrogen-bond donors (Lipinski definition) is 0. The van der Waals surface area contributed by atoms with E-state index in [1.54, 1.807) is 4.57 Å². The Bertz CT molecular complexity index is 4200. The van der Waals surface area contributed by atoms with Crippen LogP contribution in [0.25, 0.3) is 116 Å². The molecule has 3 aromatic heterocycles. The van der Waals surface area contributed by atoms with Crippen molar-refractivity contribution in [1.82, 2.24) is 19.5 Å². The fraction of sp³-hybridized carbons (Fsp3) is 0. The zero-order chi connectivity index (χ0) is 48.9. The summed E-state index contributed by atoms with van der Waals surface area (Å²) in [5.74, 6) is 1.51. The van der Waals surface area contributed by atoms with Crippen molar-refractivity contribution in [3.63, 3.8) is 0 Å². The summed E-state index contributed by atoms with van der Waals surface area (Å²) in [4.78, 5) is 14.8. The van der Waals surface area contributed by atoms with Crippen LogP contribution in [0.15, 0.2) is 101 Å². The van der Waals surface area contributed by atoms with Gasteiger partial charge in [-0.15, -0.1) is 32.8 Å². The van der Waals surface area contributed by atoms with E-state index >= 15 is 0 Å². The average molecular weight is 852 g/mol. The summed E-state index contributed by atoms with van der Waals surface area (Å²) in [6.45, 7) is 0. The standard InChI is InChI=1S/C51H16B14N4O/c52-32-25(19-11-13-23-21(15-19)22-16-20(12-14-24(22)70-23)51-67-49(17-7-3-1-4-8-17)66-50(68-51)18-9-5-2-6-10-18)26-27-28(34(54)37(57)36(56)33(27)53)29-31-30(26)46(42(32)62)69(47(31)43(63)38(58)35(29)55)48-44(64)40(60)39(59)41(61)45(48)65/h1-16H. The second-order valence-electron chi connectivity index (χ2n) is 17.4. The molecule has 0 atom stereocenters. The van der Waals surface area contributed by atoms with Gasteiger partial charge in [-0.25, -0.2) is 15.0 Å². The summed E-state index contributed by atoms with van der Waals surface area (Å²) in [6.07, 6.45) is 0. The highest BCUT2D eigenvalue weighted by molar-refractivity contribution is 6.74. The number of hydrogen-bond acceptors (Lipinski definition) is 4. The van der Waals surface area contributed by atoms with Gasteiger partial charge in [-0.3, -0.25) is 0 Å². The average Bonchev–Trinajstić information content (AvgIpc) is 3.93. The molecule has 5 nitrogen and oxygen atoms in total. The molecule has 12 aromatic rings. The number of nitrogens with zero attached hydrogens (tertiary/aromatic N) is 4. The minimum atomic E-state index is -0.0259. The van der Waals surface area contributed by atoms with Crippen LogP contribution in [-0.4, -0.2) is 129 Å². The SMILES string of the molecule is [B]c1c([B])c([B])c(-n2c3c([B])c([B])c([B])c4c5c([B])c([B])c([B])c([B])c5c5c(-c6ccc7oc8ccc(-c9nc(-c%10ccccc%10)nc(-c%10ccccc%10)n9)cc8c7c6)c([B])c([B])c2c5c43)c([B])c1[B]. The molecule has 0 aliphatic rings. The molecule has 0 unspecified atom stereocenters. The van der Waals surface area contributed by atoms with E-state index in [0.29, 0.717) is 77.6 Å². The third-order valence-corrected chi connectivity index (χ3v) is 13.6. The zero-order valence-corrected chi connectivity index (χ0v) is 37.0. The molecule has 0 spiro atoms. The van der Waals surface area contributed by atoms with Crippen molar-refractivity contribution in [2.45, 2.75) is 0 Å². The fourth-order valence-corrected chi connectivity index (χ4v) is 10.1. The van der Waals surface area contributed by atoms with E-state index in [4.69, 9.17) is 129 Å². The highest BCUT2D eigenvalue weighted by atomic mass is 16.3. The van der Waals surface area contributed by atoms with Crippen LogP contribution in [0.5, 0.6) is 0 Å². The normalized spacial score (nSPS) is 11.9. The van der Waals surface area contributed by atoms with Gasteiger partial charge in [0, 0.05) is 55.0 Å². The van der Waals surface area contributed by atoms with Gasteiger partial charge in [0.1, 0.15) is 121 Å². The number of furan rings is 1. The molecule has 0 amide bonds. The Balaban J connectivity index is 1.20. The molecule has 3 heterocycles. The summed E-state index contributed by atoms with van der Waals surface area (Å²) >= 11 is 0. The maximum absolute atomic E-state index is 7.35. The van der Waals surface area contributed by atoms with E-state index in [2.05, 4.69) is 0 Å². The highest BCUT2D eigenvalue weighted by Gasteiger charge is 2.31. The Morgan fingerprint density at radius 1 is 0.314 bits per heavy atom. The Morgan fingerprint density at radius 3 is 1.20 bits per heavy atom. The van der Waals surface area contributed by atoms with Gasteiger partial charge in [0.15, 0.2) is 17.5 Å². The van der Waals surface area contributed by atoms with Gasteiger partial charge in [-0.1, -0.05) is 110 Å². The smallest absolute Gasteiger partial charge is 0.164 e. The Morgan fingerprint density at radius 2 is 0.686 bits per heavy atom. The van der Waals surface area contributed by atoms with Crippen molar-refractivity contribution in [1.29, 1.82) is 0 Å². The second-order valence-corrected chi connectivity index (χ2v) is 17.4. The molecule has 28 radical (unpaired) electrons. The Kier molecular flexibility index (Phi) is 10.1. The van der Waals surface area contributed by atoms with Gasteiger partial charge >= 0.3 is 0 Å². The molecule has 0 aliphatic heterocycles. The number of aromatic nitrogens is 4. The summed E-state index contributed by atoms with van der Waals surface area (Å²) < 4.78 is 8.08. The van der Waals surface area contributed by atoms with E-state index in [-0.39, 0.29) is 87.7 Å². The second kappa shape index (κ2) is 15.9. The van der Waals surface area contributed by atoms with Gasteiger partial charge in [-0.2, -0.15) is 0 Å². The monoisotopic (exact) mass is 854 g/mol. The van der Waals surface area contributed by atoms with Crippen LogP contribution in [0, 0.1) is 0 Å². The third-order valence-electron chi connectivity index (χ3n) is 13.6. The molecule has 0 aliphatic carbocycles. The highest BCUT2D eigenvalue weighted by Crippen LogP contribution is 2.44. The lowest BCUT2D eigenvalue weighted by molar-refractivity contribution is 0.669. The third kappa shape index (κ3) is 6.09. The Labute approximate surface area is 421 Å². The Hall–Kier alpha value is -6.72. The predicted molar refractivity (Wildman–Crippen MR) is 305 cm³/mol. The van der Waals surface area contributed by atoms with Crippen molar-refractivity contribution < 1.29 is 4.42 Å². The first kappa shape index (κ1) is 44.5. The molecule has 19 heteroatoms. The summed E-state index contributed by atoms with van der Waals surface area (Å²) in [6, 6.07) is 31.0. The lowest BCUT2D eigenvalue weighted by Gasteiger charge is -2.25. The van der Waals surface area contributed by atoms with Crippen LogP contribution < -0.4 is 76.5 Å². The maximum Gasteiger partial charge on any atom is 0.164 e. The minimum absolute atomic E-state index is 0.00734. The van der Waals surface area contributed by atoms with Crippen LogP contribution in [0.4, 0.5) is 0 Å². The molecule has 0 bridgehead atoms. The van der Waals surface area contributed by atoms with E-state index < -0.39 is 0 Å². The van der Waals surface area contributed by atoms with Crippen LogP contribution in [0.2, 0.25) is 0 Å². The minimum Gasteiger partial charge on any atom is -0.456 e. The molecule has 9 aromatic carbocycles. The molecular formula is C51H16B14N4O. The van der Waals surface area contributed by atoms with Gasteiger partial charge < -0.3 is 8.98 Å². The van der Waals surface area contributed by atoms with Crippen LogP contribution in [-0.2, 0) is 0 Å². The van der Waals surface area contributed by atoms with Crippen molar-refractivity contribution in [3.8, 4) is 51.0 Å². The first-order valence-corrected chi connectivity index (χ1v) is 21.8. The van der Waals surface area contributed by atoms with Gasteiger partial charge in [0.05, 0.1) is 0 Å². The molecule has 12 rings (SSSR count). The van der Waals surface area contributed by atoms with Crippen LogP contribution in [0.3, 0.4) is 0 Å². The molecule has 0 saturated heterocycles. The first-order chi connectivity index (χ1) is 33.6. The van der Waals surface area contributed by atoms with Gasteiger partial charge in [0.25, 0.3) is 0 Å². The van der Waals surface area contributed by atoms with Crippen molar-refractivity contribution >= 4 is 252 Å². The molecule has 288 valence electrons. The number of rotatable bonds is 5. The van der Waals surface area contributed by atoms with Crippen LogP contribution >= 0.6 is 0 Å².